The number of hydrogen-bond acceptors (Lipinski definition) is 3. The maximum atomic E-state index is 13.6. The van der Waals surface area contributed by atoms with Crippen LogP contribution in [0.1, 0.15) is 26.6 Å². The van der Waals surface area contributed by atoms with Crippen LogP contribution in [-0.2, 0) is 5.41 Å². The van der Waals surface area contributed by atoms with Gasteiger partial charge in [0, 0.05) is 11.5 Å². The van der Waals surface area contributed by atoms with Gasteiger partial charge in [-0.2, -0.15) is 0 Å². The first-order chi connectivity index (χ1) is 8.86. The van der Waals surface area contributed by atoms with Gasteiger partial charge in [0.25, 0.3) is 0 Å². The van der Waals surface area contributed by atoms with E-state index < -0.39 is 0 Å². The second-order valence-corrected chi connectivity index (χ2v) is 6.07. The van der Waals surface area contributed by atoms with Gasteiger partial charge in [-0.1, -0.05) is 32.9 Å². The van der Waals surface area contributed by atoms with Gasteiger partial charge in [-0.05, 0) is 28.1 Å². The molecular weight excluding hydrogens is 309 g/mol. The summed E-state index contributed by atoms with van der Waals surface area (Å²) >= 11 is 3.35. The number of rotatable bonds is 2. The highest BCUT2D eigenvalue weighted by molar-refractivity contribution is 9.10. The van der Waals surface area contributed by atoms with E-state index in [1.54, 1.807) is 24.3 Å². The maximum absolute atomic E-state index is 13.6. The zero-order chi connectivity index (χ0) is 14.0. The van der Waals surface area contributed by atoms with E-state index in [9.17, 15) is 4.39 Å². The molecule has 3 nitrogen and oxygen atoms in total. The molecule has 19 heavy (non-hydrogen) atoms. The highest BCUT2D eigenvalue weighted by Gasteiger charge is 2.19. The smallest absolute Gasteiger partial charge is 0.146 e. The summed E-state index contributed by atoms with van der Waals surface area (Å²) in [6.07, 6.45) is 0. The van der Waals surface area contributed by atoms with Crippen LogP contribution >= 0.6 is 15.9 Å². The van der Waals surface area contributed by atoms with E-state index in [1.807, 2.05) is 20.8 Å². The van der Waals surface area contributed by atoms with Gasteiger partial charge in [0.05, 0.1) is 5.69 Å². The molecule has 0 aliphatic heterocycles. The van der Waals surface area contributed by atoms with Crippen LogP contribution in [0.2, 0.25) is 0 Å². The molecule has 1 aromatic heterocycles. The van der Waals surface area contributed by atoms with Gasteiger partial charge in [0.1, 0.15) is 22.1 Å². The number of para-hydroxylation sites is 1. The predicted molar refractivity (Wildman–Crippen MR) is 78.1 cm³/mol. The maximum Gasteiger partial charge on any atom is 0.146 e. The second-order valence-electron chi connectivity index (χ2n) is 5.25. The highest BCUT2D eigenvalue weighted by Crippen LogP contribution is 2.25. The number of hydrogen-bond donors (Lipinski definition) is 1. The van der Waals surface area contributed by atoms with Crippen molar-refractivity contribution in [3.8, 4) is 0 Å². The fraction of sp³-hybridized carbons (Fsp3) is 0.286. The number of benzene rings is 1. The lowest BCUT2D eigenvalue weighted by Crippen LogP contribution is -2.17. The fourth-order valence-electron chi connectivity index (χ4n) is 1.52. The summed E-state index contributed by atoms with van der Waals surface area (Å²) in [6.45, 7) is 6.09. The van der Waals surface area contributed by atoms with Crippen LogP contribution in [0.5, 0.6) is 0 Å². The molecule has 0 atom stereocenters. The molecule has 2 aromatic rings. The largest absolute Gasteiger partial charge is 0.338 e. The van der Waals surface area contributed by atoms with Gasteiger partial charge in [-0.15, -0.1) is 0 Å². The van der Waals surface area contributed by atoms with Crippen LogP contribution in [0.4, 0.5) is 15.9 Å². The van der Waals surface area contributed by atoms with Crippen LogP contribution in [0.25, 0.3) is 0 Å². The molecule has 5 heteroatoms. The first-order valence-electron chi connectivity index (χ1n) is 5.93. The van der Waals surface area contributed by atoms with Gasteiger partial charge in [-0.25, -0.2) is 14.4 Å². The van der Waals surface area contributed by atoms with E-state index in [0.29, 0.717) is 21.9 Å². The number of nitrogens with zero attached hydrogens (tertiary/aromatic N) is 2. The van der Waals surface area contributed by atoms with Crippen molar-refractivity contribution in [2.24, 2.45) is 0 Å². The summed E-state index contributed by atoms with van der Waals surface area (Å²) in [6, 6.07) is 8.22. The van der Waals surface area contributed by atoms with E-state index in [0.717, 1.165) is 0 Å². The van der Waals surface area contributed by atoms with Crippen LogP contribution < -0.4 is 5.32 Å². The third kappa shape index (κ3) is 3.50. The Morgan fingerprint density at radius 1 is 1.16 bits per heavy atom. The SMILES string of the molecule is CC(C)(C)c1nc(Br)cc(Nc2ccccc2F)n1. The minimum absolute atomic E-state index is 0.171. The second kappa shape index (κ2) is 5.25. The summed E-state index contributed by atoms with van der Waals surface area (Å²) < 4.78 is 14.3. The lowest BCUT2D eigenvalue weighted by Gasteiger charge is -2.18. The molecule has 1 heterocycles. The van der Waals surface area contributed by atoms with E-state index in [-0.39, 0.29) is 11.2 Å². The predicted octanol–water partition coefficient (Wildman–Crippen LogP) is 4.42. The molecule has 0 saturated heterocycles. The topological polar surface area (TPSA) is 37.8 Å². The van der Waals surface area contributed by atoms with Crippen LogP contribution in [0.15, 0.2) is 34.9 Å². The molecule has 1 N–H and O–H groups in total. The lowest BCUT2D eigenvalue weighted by atomic mass is 9.96. The first-order valence-corrected chi connectivity index (χ1v) is 6.72. The average molecular weight is 324 g/mol. The van der Waals surface area contributed by atoms with Crippen molar-refractivity contribution in [3.05, 3.63) is 46.6 Å². The minimum atomic E-state index is -0.311. The van der Waals surface area contributed by atoms with E-state index in [4.69, 9.17) is 0 Å². The molecular formula is C14H15BrFN3. The Balaban J connectivity index is 2.36. The van der Waals surface area contributed by atoms with E-state index >= 15 is 0 Å². The van der Waals surface area contributed by atoms with Crippen LogP contribution in [-0.4, -0.2) is 9.97 Å². The minimum Gasteiger partial charge on any atom is -0.338 e. The number of aromatic nitrogens is 2. The van der Waals surface area contributed by atoms with Crippen molar-refractivity contribution in [3.63, 3.8) is 0 Å². The zero-order valence-corrected chi connectivity index (χ0v) is 12.6. The van der Waals surface area contributed by atoms with Crippen molar-refractivity contribution >= 4 is 27.4 Å². The van der Waals surface area contributed by atoms with Gasteiger partial charge in [0.15, 0.2) is 0 Å². The third-order valence-electron chi connectivity index (χ3n) is 2.50. The molecule has 0 aliphatic rings. The molecule has 0 bridgehead atoms. The van der Waals surface area contributed by atoms with Gasteiger partial charge >= 0.3 is 0 Å². The molecule has 0 spiro atoms. The van der Waals surface area contributed by atoms with Gasteiger partial charge < -0.3 is 5.32 Å². The lowest BCUT2D eigenvalue weighted by molar-refractivity contribution is 0.544. The highest BCUT2D eigenvalue weighted by atomic mass is 79.9. The summed E-state index contributed by atoms with van der Waals surface area (Å²) in [5.74, 6) is 0.951. The van der Waals surface area contributed by atoms with Crippen LogP contribution in [0.3, 0.4) is 0 Å². The van der Waals surface area contributed by atoms with Gasteiger partial charge in [0.2, 0.25) is 0 Å². The fourth-order valence-corrected chi connectivity index (χ4v) is 1.90. The number of nitrogens with one attached hydrogen (secondary N) is 1. The Kier molecular flexibility index (Phi) is 3.85. The summed E-state index contributed by atoms with van der Waals surface area (Å²) in [7, 11) is 0. The van der Waals surface area contributed by atoms with Gasteiger partial charge in [-0.3, -0.25) is 0 Å². The molecule has 0 fully saturated rings. The zero-order valence-electron chi connectivity index (χ0n) is 11.0. The molecule has 0 amide bonds. The average Bonchev–Trinajstić information content (AvgIpc) is 2.30. The summed E-state index contributed by atoms with van der Waals surface area (Å²) in [5, 5.41) is 2.97. The molecule has 0 radical (unpaired) electrons. The molecule has 1 aromatic carbocycles. The van der Waals surface area contributed by atoms with Crippen molar-refractivity contribution in [2.45, 2.75) is 26.2 Å². The summed E-state index contributed by atoms with van der Waals surface area (Å²) in [5.41, 5.74) is 0.225. The Morgan fingerprint density at radius 3 is 2.47 bits per heavy atom. The molecule has 0 saturated carbocycles. The Labute approximate surface area is 120 Å². The van der Waals surface area contributed by atoms with Crippen molar-refractivity contribution in [1.29, 1.82) is 0 Å². The molecule has 0 unspecified atom stereocenters. The van der Waals surface area contributed by atoms with Crippen molar-refractivity contribution < 1.29 is 4.39 Å². The van der Waals surface area contributed by atoms with Crippen molar-refractivity contribution in [2.75, 3.05) is 5.32 Å². The summed E-state index contributed by atoms with van der Waals surface area (Å²) in [4.78, 5) is 8.76. The van der Waals surface area contributed by atoms with E-state index in [1.165, 1.54) is 6.07 Å². The Bertz CT molecular complexity index is 593. The molecule has 2 rings (SSSR count). The number of halogens is 2. The monoisotopic (exact) mass is 323 g/mol. The molecule has 0 aliphatic carbocycles. The van der Waals surface area contributed by atoms with Crippen molar-refractivity contribution in [1.82, 2.24) is 9.97 Å². The quantitative estimate of drug-likeness (QED) is 0.831. The Morgan fingerprint density at radius 2 is 1.84 bits per heavy atom. The standard InChI is InChI=1S/C14H15BrFN3/c1-14(2,3)13-18-11(15)8-12(19-13)17-10-7-5-4-6-9(10)16/h4-8H,1-3H3,(H,17,18,19). The first kappa shape index (κ1) is 13.9. The number of anilines is 2. The third-order valence-corrected chi connectivity index (χ3v) is 2.91. The normalized spacial score (nSPS) is 11.4. The molecule has 100 valence electrons. The van der Waals surface area contributed by atoms with Crippen LogP contribution in [0, 0.1) is 5.82 Å². The van der Waals surface area contributed by atoms with E-state index in [2.05, 4.69) is 31.2 Å². The Hall–Kier alpha value is -1.49.